The zero-order chi connectivity index (χ0) is 12.3. The van der Waals surface area contributed by atoms with Crippen LogP contribution in [0.5, 0.6) is 0 Å². The van der Waals surface area contributed by atoms with Crippen molar-refractivity contribution in [3.63, 3.8) is 0 Å². The van der Waals surface area contributed by atoms with Gasteiger partial charge >= 0.3 is 0 Å². The fourth-order valence-corrected chi connectivity index (χ4v) is 2.43. The van der Waals surface area contributed by atoms with Gasteiger partial charge in [-0.15, -0.1) is 6.58 Å². The number of piperidine rings is 1. The molecule has 90 valence electrons. The lowest BCUT2D eigenvalue weighted by atomic mass is 10.1. The highest BCUT2D eigenvalue weighted by molar-refractivity contribution is 5.68. The van der Waals surface area contributed by atoms with Gasteiger partial charge in [0.25, 0.3) is 0 Å². The molecular weight excluding hydrogens is 212 g/mol. The van der Waals surface area contributed by atoms with Crippen molar-refractivity contribution in [3.8, 4) is 6.07 Å². The molecule has 0 amide bonds. The summed E-state index contributed by atoms with van der Waals surface area (Å²) in [7, 11) is 0. The van der Waals surface area contributed by atoms with Gasteiger partial charge in [-0.05, 0) is 25.3 Å². The minimum Gasteiger partial charge on any atom is -0.396 e. The van der Waals surface area contributed by atoms with E-state index in [0.29, 0.717) is 17.9 Å². The third kappa shape index (κ3) is 2.14. The molecule has 2 N–H and O–H groups in total. The molecule has 0 atom stereocenters. The van der Waals surface area contributed by atoms with Gasteiger partial charge in [0, 0.05) is 19.6 Å². The van der Waals surface area contributed by atoms with Crippen LogP contribution in [0.1, 0.15) is 25.0 Å². The summed E-state index contributed by atoms with van der Waals surface area (Å²) < 4.78 is 1.95. The molecule has 0 spiro atoms. The molecule has 2 rings (SSSR count). The number of allylic oxidation sites excluding steroid dienone is 1. The number of nitrogens with two attached hydrogens (primary N) is 1. The SMILES string of the molecule is C=CCn1c(C#N)cc(N)c1N1CCCCC1. The summed E-state index contributed by atoms with van der Waals surface area (Å²) in [6.07, 6.45) is 5.47. The van der Waals surface area contributed by atoms with E-state index >= 15 is 0 Å². The van der Waals surface area contributed by atoms with Crippen molar-refractivity contribution >= 4 is 11.5 Å². The zero-order valence-electron chi connectivity index (χ0n) is 10.0. The first-order valence-electron chi connectivity index (χ1n) is 6.03. The molecule has 0 bridgehead atoms. The molecule has 1 fully saturated rings. The maximum Gasteiger partial charge on any atom is 0.133 e. The van der Waals surface area contributed by atoms with Crippen molar-refractivity contribution in [2.45, 2.75) is 25.8 Å². The molecule has 1 aliphatic rings. The molecule has 17 heavy (non-hydrogen) atoms. The van der Waals surface area contributed by atoms with Gasteiger partial charge in [0.2, 0.25) is 0 Å². The number of hydrogen-bond acceptors (Lipinski definition) is 3. The Balaban J connectivity index is 2.40. The molecule has 0 unspecified atom stereocenters. The zero-order valence-corrected chi connectivity index (χ0v) is 10.0. The van der Waals surface area contributed by atoms with Gasteiger partial charge in [-0.3, -0.25) is 0 Å². The lowest BCUT2D eigenvalue weighted by Gasteiger charge is -2.30. The van der Waals surface area contributed by atoms with Gasteiger partial charge in [-0.25, -0.2) is 0 Å². The molecule has 0 saturated carbocycles. The van der Waals surface area contributed by atoms with E-state index in [4.69, 9.17) is 11.0 Å². The summed E-state index contributed by atoms with van der Waals surface area (Å²) in [4.78, 5) is 2.28. The smallest absolute Gasteiger partial charge is 0.133 e. The molecule has 0 radical (unpaired) electrons. The first-order valence-corrected chi connectivity index (χ1v) is 6.03. The number of anilines is 2. The summed E-state index contributed by atoms with van der Waals surface area (Å²) in [6, 6.07) is 3.95. The predicted octanol–water partition coefficient (Wildman–Crippen LogP) is 2.12. The van der Waals surface area contributed by atoms with E-state index in [1.54, 1.807) is 12.1 Å². The standard InChI is InChI=1S/C13H18N4/c1-2-6-17-11(10-14)9-12(15)13(17)16-7-4-3-5-8-16/h2,9H,1,3-8,15H2. The van der Waals surface area contributed by atoms with Gasteiger partial charge in [-0.2, -0.15) is 5.26 Å². The van der Waals surface area contributed by atoms with Crippen LogP contribution in [0.3, 0.4) is 0 Å². The molecule has 1 aromatic rings. The Morgan fingerprint density at radius 3 is 2.71 bits per heavy atom. The number of rotatable bonds is 3. The van der Waals surface area contributed by atoms with Crippen molar-refractivity contribution in [1.29, 1.82) is 5.26 Å². The summed E-state index contributed by atoms with van der Waals surface area (Å²) in [5.41, 5.74) is 7.34. The summed E-state index contributed by atoms with van der Waals surface area (Å²) in [5.74, 6) is 0.987. The van der Waals surface area contributed by atoms with Gasteiger partial charge in [0.15, 0.2) is 0 Å². The Bertz CT molecular complexity index is 447. The lowest BCUT2D eigenvalue weighted by Crippen LogP contribution is -2.32. The Morgan fingerprint density at radius 1 is 1.41 bits per heavy atom. The molecule has 1 saturated heterocycles. The van der Waals surface area contributed by atoms with Crippen LogP contribution in [0, 0.1) is 11.3 Å². The van der Waals surface area contributed by atoms with E-state index in [9.17, 15) is 0 Å². The van der Waals surface area contributed by atoms with E-state index < -0.39 is 0 Å². The van der Waals surface area contributed by atoms with Crippen LogP contribution < -0.4 is 10.6 Å². The second-order valence-electron chi connectivity index (χ2n) is 4.37. The van der Waals surface area contributed by atoms with Crippen LogP contribution in [-0.2, 0) is 6.54 Å². The van der Waals surface area contributed by atoms with Crippen LogP contribution >= 0.6 is 0 Å². The van der Waals surface area contributed by atoms with Gasteiger partial charge in [-0.1, -0.05) is 6.08 Å². The average Bonchev–Trinajstić information content (AvgIpc) is 2.67. The van der Waals surface area contributed by atoms with E-state index in [-0.39, 0.29) is 0 Å². The number of nitrogens with zero attached hydrogens (tertiary/aromatic N) is 3. The van der Waals surface area contributed by atoms with E-state index in [0.717, 1.165) is 18.9 Å². The fraction of sp³-hybridized carbons (Fsp3) is 0.462. The monoisotopic (exact) mass is 230 g/mol. The van der Waals surface area contributed by atoms with Crippen molar-refractivity contribution < 1.29 is 0 Å². The van der Waals surface area contributed by atoms with Crippen LogP contribution in [0.4, 0.5) is 11.5 Å². The number of aromatic nitrogens is 1. The maximum atomic E-state index is 9.10. The summed E-state index contributed by atoms with van der Waals surface area (Å²) in [6.45, 7) is 6.42. The van der Waals surface area contributed by atoms with Gasteiger partial charge < -0.3 is 15.2 Å². The van der Waals surface area contributed by atoms with Gasteiger partial charge in [0.05, 0.1) is 5.69 Å². The maximum absolute atomic E-state index is 9.10. The number of nitriles is 1. The average molecular weight is 230 g/mol. The lowest BCUT2D eigenvalue weighted by molar-refractivity contribution is 0.565. The molecule has 1 aromatic heterocycles. The van der Waals surface area contributed by atoms with Crippen molar-refractivity contribution in [3.05, 3.63) is 24.4 Å². The second kappa shape index (κ2) is 4.96. The van der Waals surface area contributed by atoms with E-state index in [2.05, 4.69) is 17.5 Å². The summed E-state index contributed by atoms with van der Waals surface area (Å²) >= 11 is 0. The third-order valence-electron chi connectivity index (χ3n) is 3.18. The minimum absolute atomic E-state index is 0.614. The number of nitrogen functional groups attached to an aromatic ring is 1. The van der Waals surface area contributed by atoms with Crippen molar-refractivity contribution in [2.75, 3.05) is 23.7 Å². The van der Waals surface area contributed by atoms with Crippen LogP contribution in [0.25, 0.3) is 0 Å². The second-order valence-corrected chi connectivity index (χ2v) is 4.37. The van der Waals surface area contributed by atoms with E-state index in [1.165, 1.54) is 19.3 Å². The quantitative estimate of drug-likeness (QED) is 0.809. The normalized spacial score (nSPS) is 15.6. The molecule has 2 heterocycles. The molecule has 1 aliphatic heterocycles. The molecule has 4 nitrogen and oxygen atoms in total. The third-order valence-corrected chi connectivity index (χ3v) is 3.18. The van der Waals surface area contributed by atoms with Gasteiger partial charge in [0.1, 0.15) is 17.6 Å². The van der Waals surface area contributed by atoms with Crippen molar-refractivity contribution in [1.82, 2.24) is 4.57 Å². The van der Waals surface area contributed by atoms with Crippen LogP contribution in [-0.4, -0.2) is 17.7 Å². The first-order chi connectivity index (χ1) is 8.27. The molecular formula is C13H18N4. The highest BCUT2D eigenvalue weighted by Gasteiger charge is 2.20. The molecule has 4 heteroatoms. The number of hydrogen-bond donors (Lipinski definition) is 1. The Labute approximate surface area is 102 Å². The minimum atomic E-state index is 0.614. The largest absolute Gasteiger partial charge is 0.396 e. The Morgan fingerprint density at radius 2 is 2.12 bits per heavy atom. The van der Waals surface area contributed by atoms with Crippen LogP contribution in [0.15, 0.2) is 18.7 Å². The topological polar surface area (TPSA) is 58.0 Å². The van der Waals surface area contributed by atoms with Crippen LogP contribution in [0.2, 0.25) is 0 Å². The van der Waals surface area contributed by atoms with E-state index in [1.807, 2.05) is 4.57 Å². The highest BCUT2D eigenvalue weighted by atomic mass is 15.3. The summed E-state index contributed by atoms with van der Waals surface area (Å²) in [5, 5.41) is 9.10. The highest BCUT2D eigenvalue weighted by Crippen LogP contribution is 2.30. The Hall–Kier alpha value is -1.89. The fourth-order valence-electron chi connectivity index (χ4n) is 2.43. The molecule has 0 aliphatic carbocycles. The first kappa shape index (κ1) is 11.6. The Kier molecular flexibility index (Phi) is 3.38. The predicted molar refractivity (Wildman–Crippen MR) is 69.8 cm³/mol. The van der Waals surface area contributed by atoms with Crippen molar-refractivity contribution in [2.24, 2.45) is 0 Å². The molecule has 0 aromatic carbocycles.